The number of rotatable bonds is 4. The summed E-state index contributed by atoms with van der Waals surface area (Å²) in [6, 6.07) is 1.68. The molecular weight excluding hydrogens is 238 g/mol. The van der Waals surface area contributed by atoms with Crippen molar-refractivity contribution < 1.29 is 4.92 Å². The van der Waals surface area contributed by atoms with E-state index < -0.39 is 4.92 Å². The number of nitrogen functional groups attached to an aromatic ring is 1. The van der Waals surface area contributed by atoms with Gasteiger partial charge >= 0.3 is 5.69 Å². The van der Waals surface area contributed by atoms with E-state index in [0.717, 1.165) is 6.33 Å². The minimum atomic E-state index is -0.627. The van der Waals surface area contributed by atoms with Gasteiger partial charge in [-0.2, -0.15) is 0 Å². The summed E-state index contributed by atoms with van der Waals surface area (Å²) in [5, 5.41) is 13.6. The predicted octanol–water partition coefficient (Wildman–Crippen LogP) is 0.369. The van der Waals surface area contributed by atoms with Crippen molar-refractivity contribution in [2.45, 2.75) is 6.54 Å². The molecule has 18 heavy (non-hydrogen) atoms. The molecule has 0 saturated carbocycles. The number of hydrogen-bond donors (Lipinski definition) is 2. The highest BCUT2D eigenvalue weighted by Crippen LogP contribution is 2.26. The fourth-order valence-electron chi connectivity index (χ4n) is 1.30. The van der Waals surface area contributed by atoms with E-state index in [1.165, 1.54) is 6.33 Å². The summed E-state index contributed by atoms with van der Waals surface area (Å²) in [4.78, 5) is 25.3. The smallest absolute Gasteiger partial charge is 0.352 e. The van der Waals surface area contributed by atoms with Crippen molar-refractivity contribution >= 4 is 17.3 Å². The molecule has 0 amide bonds. The number of nitrogens with two attached hydrogens (primary N) is 1. The summed E-state index contributed by atoms with van der Waals surface area (Å²) in [5.41, 5.74) is 5.77. The van der Waals surface area contributed by atoms with E-state index in [1.807, 2.05) is 0 Å². The monoisotopic (exact) mass is 247 g/mol. The molecule has 0 aliphatic heterocycles. The first-order valence-electron chi connectivity index (χ1n) is 4.92. The van der Waals surface area contributed by atoms with Crippen molar-refractivity contribution in [3.8, 4) is 0 Å². The molecule has 9 nitrogen and oxygen atoms in total. The van der Waals surface area contributed by atoms with Crippen molar-refractivity contribution in [1.29, 1.82) is 0 Å². The van der Waals surface area contributed by atoms with Gasteiger partial charge in [0.1, 0.15) is 12.7 Å². The molecule has 0 atom stereocenters. The van der Waals surface area contributed by atoms with Gasteiger partial charge in [-0.05, 0) is 6.07 Å². The summed E-state index contributed by atoms with van der Waals surface area (Å²) in [6.07, 6.45) is 4.12. The van der Waals surface area contributed by atoms with E-state index in [9.17, 15) is 10.1 Å². The van der Waals surface area contributed by atoms with Crippen molar-refractivity contribution in [1.82, 2.24) is 19.9 Å². The van der Waals surface area contributed by atoms with Gasteiger partial charge < -0.3 is 11.1 Å². The maximum Gasteiger partial charge on any atom is 0.352 e. The molecule has 0 radical (unpaired) electrons. The lowest BCUT2D eigenvalue weighted by molar-refractivity contribution is -0.383. The molecule has 0 spiro atoms. The van der Waals surface area contributed by atoms with Crippen LogP contribution in [0.25, 0.3) is 0 Å². The normalized spacial score (nSPS) is 10.0. The molecule has 0 unspecified atom stereocenters. The maximum atomic E-state index is 10.8. The maximum absolute atomic E-state index is 10.8. The summed E-state index contributed by atoms with van der Waals surface area (Å²) >= 11 is 0. The Labute approximate surface area is 101 Å². The second kappa shape index (κ2) is 4.99. The highest BCUT2D eigenvalue weighted by atomic mass is 16.6. The average Bonchev–Trinajstić information content (AvgIpc) is 2.37. The number of anilines is 2. The predicted molar refractivity (Wildman–Crippen MR) is 62.5 cm³/mol. The Bertz CT molecular complexity index is 560. The number of nitrogens with one attached hydrogen (secondary N) is 1. The lowest BCUT2D eigenvalue weighted by Gasteiger charge is -2.05. The third kappa shape index (κ3) is 2.45. The summed E-state index contributed by atoms with van der Waals surface area (Å²) in [7, 11) is 0. The van der Waals surface area contributed by atoms with Crippen LogP contribution in [0.4, 0.5) is 17.3 Å². The molecule has 0 fully saturated rings. The molecule has 3 N–H and O–H groups in total. The lowest BCUT2D eigenvalue weighted by Crippen LogP contribution is -2.08. The summed E-state index contributed by atoms with van der Waals surface area (Å²) in [5.74, 6) is -0.119. The van der Waals surface area contributed by atoms with E-state index in [-0.39, 0.29) is 23.9 Å². The molecule has 0 aliphatic rings. The molecule has 0 bridgehead atoms. The molecule has 0 saturated heterocycles. The second-order valence-corrected chi connectivity index (χ2v) is 3.27. The van der Waals surface area contributed by atoms with Gasteiger partial charge in [-0.15, -0.1) is 0 Å². The lowest BCUT2D eigenvalue weighted by atomic mass is 10.4. The van der Waals surface area contributed by atoms with Gasteiger partial charge in [0, 0.05) is 6.20 Å². The molecule has 9 heteroatoms. The molecule has 0 aromatic carbocycles. The van der Waals surface area contributed by atoms with Crippen LogP contribution in [0, 0.1) is 10.1 Å². The number of hydrogen-bond acceptors (Lipinski definition) is 8. The Kier molecular flexibility index (Phi) is 3.23. The van der Waals surface area contributed by atoms with Crippen LogP contribution in [0.15, 0.2) is 24.9 Å². The third-order valence-electron chi connectivity index (χ3n) is 2.11. The van der Waals surface area contributed by atoms with Gasteiger partial charge in [-0.3, -0.25) is 10.1 Å². The van der Waals surface area contributed by atoms with Crippen LogP contribution >= 0.6 is 0 Å². The van der Waals surface area contributed by atoms with Crippen LogP contribution in [-0.2, 0) is 6.54 Å². The van der Waals surface area contributed by atoms with Crippen molar-refractivity contribution in [2.75, 3.05) is 11.1 Å². The Balaban J connectivity index is 2.20. The van der Waals surface area contributed by atoms with E-state index in [0.29, 0.717) is 5.69 Å². The van der Waals surface area contributed by atoms with Crippen LogP contribution in [0.5, 0.6) is 0 Å². The van der Waals surface area contributed by atoms with Crippen LogP contribution in [0.3, 0.4) is 0 Å². The summed E-state index contributed by atoms with van der Waals surface area (Å²) < 4.78 is 0. The Morgan fingerprint density at radius 1 is 1.33 bits per heavy atom. The molecule has 2 heterocycles. The van der Waals surface area contributed by atoms with Crippen LogP contribution < -0.4 is 11.1 Å². The molecule has 92 valence electrons. The van der Waals surface area contributed by atoms with Gasteiger partial charge in [0.2, 0.25) is 11.6 Å². The van der Waals surface area contributed by atoms with Crippen molar-refractivity contribution in [3.05, 3.63) is 40.7 Å². The Hall–Kier alpha value is -2.84. The fourth-order valence-corrected chi connectivity index (χ4v) is 1.30. The number of aromatic nitrogens is 4. The van der Waals surface area contributed by atoms with Crippen LogP contribution in [0.2, 0.25) is 0 Å². The molecule has 0 aliphatic carbocycles. The fraction of sp³-hybridized carbons (Fsp3) is 0.111. The minimum absolute atomic E-state index is 0.0612. The van der Waals surface area contributed by atoms with Gasteiger partial charge in [-0.1, -0.05) is 0 Å². The Morgan fingerprint density at radius 3 is 2.83 bits per heavy atom. The van der Waals surface area contributed by atoms with Gasteiger partial charge in [0.15, 0.2) is 0 Å². The van der Waals surface area contributed by atoms with Gasteiger partial charge in [0.05, 0.1) is 17.2 Å². The average molecular weight is 247 g/mol. The highest BCUT2D eigenvalue weighted by Gasteiger charge is 2.20. The van der Waals surface area contributed by atoms with E-state index >= 15 is 0 Å². The molecule has 2 rings (SSSR count). The first kappa shape index (κ1) is 11.6. The van der Waals surface area contributed by atoms with Crippen molar-refractivity contribution in [2.24, 2.45) is 0 Å². The zero-order chi connectivity index (χ0) is 13.0. The van der Waals surface area contributed by atoms with Crippen molar-refractivity contribution in [3.63, 3.8) is 0 Å². The number of nitrogens with zero attached hydrogens (tertiary/aromatic N) is 5. The molecular formula is C9H9N7O2. The minimum Gasteiger partial charge on any atom is -0.378 e. The van der Waals surface area contributed by atoms with E-state index in [4.69, 9.17) is 5.73 Å². The van der Waals surface area contributed by atoms with E-state index in [1.54, 1.807) is 12.3 Å². The quantitative estimate of drug-likeness (QED) is 0.584. The first-order chi connectivity index (χ1) is 8.68. The first-order valence-corrected chi connectivity index (χ1v) is 4.92. The van der Waals surface area contributed by atoms with Crippen LogP contribution in [0.1, 0.15) is 5.69 Å². The standard InChI is InChI=1S/C9H9N7O2/c10-8-7(16(17)18)9(15-5-14-8)12-3-6-1-2-11-4-13-6/h1-2,4-5H,3H2,(H3,10,12,14,15). The topological polar surface area (TPSA) is 133 Å². The molecule has 2 aromatic heterocycles. The third-order valence-corrected chi connectivity index (χ3v) is 2.11. The molecule has 2 aromatic rings. The van der Waals surface area contributed by atoms with E-state index in [2.05, 4.69) is 25.3 Å². The largest absolute Gasteiger partial charge is 0.378 e. The van der Waals surface area contributed by atoms with Crippen LogP contribution in [-0.4, -0.2) is 24.9 Å². The SMILES string of the molecule is Nc1ncnc(NCc2ccncn2)c1[N+](=O)[O-]. The summed E-state index contributed by atoms with van der Waals surface area (Å²) in [6.45, 7) is 0.278. The van der Waals surface area contributed by atoms with Gasteiger partial charge in [-0.25, -0.2) is 19.9 Å². The number of nitro groups is 1. The van der Waals surface area contributed by atoms with Gasteiger partial charge in [0.25, 0.3) is 0 Å². The highest BCUT2D eigenvalue weighted by molar-refractivity contribution is 5.67. The Morgan fingerprint density at radius 2 is 2.17 bits per heavy atom. The second-order valence-electron chi connectivity index (χ2n) is 3.27. The zero-order valence-corrected chi connectivity index (χ0v) is 9.15. The zero-order valence-electron chi connectivity index (χ0n) is 9.15.